The molecule has 2 aromatic rings. The monoisotopic (exact) mass is 264 g/mol. The molecule has 0 saturated carbocycles. The molecule has 2 N–H and O–H groups in total. The first-order chi connectivity index (χ1) is 8.69. The Bertz CT molecular complexity index is 552. The average molecular weight is 264 g/mol. The Labute approximate surface area is 110 Å². The molecule has 0 atom stereocenters. The van der Waals surface area contributed by atoms with Crippen molar-refractivity contribution in [3.63, 3.8) is 0 Å². The van der Waals surface area contributed by atoms with Gasteiger partial charge in [0.1, 0.15) is 0 Å². The number of aryl methyl sites for hydroxylation is 1. The largest absolute Gasteiger partial charge is 0.493 e. The maximum atomic E-state index is 5.74. The molecule has 4 nitrogen and oxygen atoms in total. The summed E-state index contributed by atoms with van der Waals surface area (Å²) in [4.78, 5) is 5.61. The van der Waals surface area contributed by atoms with E-state index >= 15 is 0 Å². The number of thiazole rings is 1. The third kappa shape index (κ3) is 2.32. The molecular weight excluding hydrogens is 248 g/mol. The molecule has 0 aliphatic rings. The second-order valence-corrected chi connectivity index (χ2v) is 5.07. The molecule has 0 saturated heterocycles. The van der Waals surface area contributed by atoms with Gasteiger partial charge in [-0.25, -0.2) is 4.98 Å². The number of nitrogens with zero attached hydrogens (tertiary/aromatic N) is 1. The number of nitrogens with two attached hydrogens (primary N) is 1. The quantitative estimate of drug-likeness (QED) is 0.922. The van der Waals surface area contributed by atoms with Gasteiger partial charge >= 0.3 is 0 Å². The summed E-state index contributed by atoms with van der Waals surface area (Å²) < 4.78 is 10.5. The zero-order valence-electron chi connectivity index (χ0n) is 10.7. The highest BCUT2D eigenvalue weighted by Gasteiger charge is 2.12. The first-order valence-corrected chi connectivity index (χ1v) is 6.40. The predicted molar refractivity (Wildman–Crippen MR) is 73.3 cm³/mol. The summed E-state index contributed by atoms with van der Waals surface area (Å²) >= 11 is 1.62. The summed E-state index contributed by atoms with van der Waals surface area (Å²) in [6.45, 7) is 2.48. The summed E-state index contributed by atoms with van der Waals surface area (Å²) in [7, 11) is 3.24. The van der Waals surface area contributed by atoms with Crippen LogP contribution in [0.15, 0.2) is 18.2 Å². The number of hydrogen-bond acceptors (Lipinski definition) is 5. The third-order valence-electron chi connectivity index (χ3n) is 2.65. The Morgan fingerprint density at radius 1 is 1.22 bits per heavy atom. The highest BCUT2D eigenvalue weighted by atomic mass is 32.1. The van der Waals surface area contributed by atoms with E-state index in [-0.39, 0.29) is 0 Å². The van der Waals surface area contributed by atoms with Crippen LogP contribution in [0.1, 0.15) is 9.88 Å². The van der Waals surface area contributed by atoms with Crippen molar-refractivity contribution >= 4 is 11.3 Å². The number of methoxy groups -OCH3 is 2. The van der Waals surface area contributed by atoms with Crippen LogP contribution in [-0.2, 0) is 6.54 Å². The van der Waals surface area contributed by atoms with Crippen LogP contribution in [0.5, 0.6) is 11.5 Å². The van der Waals surface area contributed by atoms with E-state index in [4.69, 9.17) is 15.2 Å². The van der Waals surface area contributed by atoms with Gasteiger partial charge in [-0.15, -0.1) is 11.3 Å². The number of rotatable bonds is 4. The van der Waals surface area contributed by atoms with Gasteiger partial charge in [-0.2, -0.15) is 0 Å². The van der Waals surface area contributed by atoms with Crippen molar-refractivity contribution in [1.82, 2.24) is 4.98 Å². The molecule has 1 aromatic heterocycles. The van der Waals surface area contributed by atoms with Crippen LogP contribution in [0.2, 0.25) is 0 Å². The van der Waals surface area contributed by atoms with Crippen molar-refractivity contribution < 1.29 is 9.47 Å². The minimum atomic E-state index is 0.495. The van der Waals surface area contributed by atoms with Crippen LogP contribution < -0.4 is 15.2 Å². The van der Waals surface area contributed by atoms with Crippen molar-refractivity contribution in [1.29, 1.82) is 0 Å². The zero-order valence-corrected chi connectivity index (χ0v) is 11.5. The first kappa shape index (κ1) is 12.9. The first-order valence-electron chi connectivity index (χ1n) is 5.58. The maximum Gasteiger partial charge on any atom is 0.161 e. The Morgan fingerprint density at radius 2 is 1.94 bits per heavy atom. The molecule has 0 amide bonds. The van der Waals surface area contributed by atoms with Crippen molar-refractivity contribution in [3.05, 3.63) is 28.1 Å². The normalized spacial score (nSPS) is 10.4. The van der Waals surface area contributed by atoms with E-state index < -0.39 is 0 Å². The highest BCUT2D eigenvalue weighted by Crippen LogP contribution is 2.34. The van der Waals surface area contributed by atoms with E-state index in [0.29, 0.717) is 18.0 Å². The summed E-state index contributed by atoms with van der Waals surface area (Å²) in [6, 6.07) is 5.77. The topological polar surface area (TPSA) is 57.4 Å². The molecular formula is C13H16N2O2S. The molecule has 96 valence electrons. The predicted octanol–water partition coefficient (Wildman–Crippen LogP) is 2.59. The van der Waals surface area contributed by atoms with Gasteiger partial charge in [-0.1, -0.05) is 0 Å². The van der Waals surface area contributed by atoms with E-state index in [0.717, 1.165) is 21.1 Å². The number of hydrogen-bond donors (Lipinski definition) is 1. The third-order valence-corrected chi connectivity index (χ3v) is 3.64. The van der Waals surface area contributed by atoms with Gasteiger partial charge in [-0.3, -0.25) is 0 Å². The van der Waals surface area contributed by atoms with Gasteiger partial charge < -0.3 is 15.2 Å². The number of ether oxygens (including phenoxy) is 2. The van der Waals surface area contributed by atoms with Gasteiger partial charge in [0, 0.05) is 17.0 Å². The summed E-state index contributed by atoms with van der Waals surface area (Å²) in [5.74, 6) is 1.41. The minimum absolute atomic E-state index is 0.495. The number of aromatic nitrogens is 1. The lowest BCUT2D eigenvalue weighted by Crippen LogP contribution is -1.96. The summed E-state index contributed by atoms with van der Waals surface area (Å²) in [5.41, 5.74) is 7.67. The van der Waals surface area contributed by atoms with E-state index in [1.54, 1.807) is 25.6 Å². The smallest absolute Gasteiger partial charge is 0.161 e. The van der Waals surface area contributed by atoms with Crippen LogP contribution >= 0.6 is 11.3 Å². The molecule has 0 spiro atoms. The lowest BCUT2D eigenvalue weighted by molar-refractivity contribution is 0.355. The Balaban J connectivity index is 2.50. The fraction of sp³-hybridized carbons (Fsp3) is 0.308. The molecule has 0 unspecified atom stereocenters. The lowest BCUT2D eigenvalue weighted by Gasteiger charge is -2.09. The number of benzene rings is 1. The van der Waals surface area contributed by atoms with E-state index in [9.17, 15) is 0 Å². The van der Waals surface area contributed by atoms with Gasteiger partial charge in [0.05, 0.1) is 24.9 Å². The second-order valence-electron chi connectivity index (χ2n) is 3.78. The van der Waals surface area contributed by atoms with Gasteiger partial charge in [0.15, 0.2) is 11.5 Å². The molecule has 0 fully saturated rings. The molecule has 0 aliphatic carbocycles. The van der Waals surface area contributed by atoms with Crippen LogP contribution in [-0.4, -0.2) is 19.2 Å². The van der Waals surface area contributed by atoms with E-state index in [1.165, 1.54) is 0 Å². The highest BCUT2D eigenvalue weighted by molar-refractivity contribution is 7.12. The van der Waals surface area contributed by atoms with E-state index in [1.807, 2.05) is 25.1 Å². The minimum Gasteiger partial charge on any atom is -0.493 e. The van der Waals surface area contributed by atoms with Crippen LogP contribution in [0.25, 0.3) is 11.3 Å². The standard InChI is InChI=1S/C13H16N2O2S/c1-8-15-13(12(7-14)18-8)9-4-5-10(16-2)11(6-9)17-3/h4-6H,7,14H2,1-3H3. The van der Waals surface area contributed by atoms with Crippen LogP contribution in [0.4, 0.5) is 0 Å². The summed E-state index contributed by atoms with van der Waals surface area (Å²) in [5, 5.41) is 1.01. The zero-order chi connectivity index (χ0) is 13.1. The fourth-order valence-corrected chi connectivity index (χ4v) is 2.65. The molecule has 0 aliphatic heterocycles. The van der Waals surface area contributed by atoms with Crippen LogP contribution in [0, 0.1) is 6.92 Å². The molecule has 1 aromatic carbocycles. The fourth-order valence-electron chi connectivity index (χ4n) is 1.82. The second kappa shape index (κ2) is 5.37. The van der Waals surface area contributed by atoms with Crippen molar-refractivity contribution in [3.8, 4) is 22.8 Å². The van der Waals surface area contributed by atoms with Crippen molar-refractivity contribution in [2.75, 3.05) is 14.2 Å². The molecule has 5 heteroatoms. The Kier molecular flexibility index (Phi) is 3.84. The Hall–Kier alpha value is -1.59. The SMILES string of the molecule is COc1ccc(-c2nc(C)sc2CN)cc1OC. The van der Waals surface area contributed by atoms with Gasteiger partial charge in [-0.05, 0) is 25.1 Å². The molecule has 0 bridgehead atoms. The maximum absolute atomic E-state index is 5.74. The lowest BCUT2D eigenvalue weighted by atomic mass is 10.1. The van der Waals surface area contributed by atoms with E-state index in [2.05, 4.69) is 4.98 Å². The summed E-state index contributed by atoms with van der Waals surface area (Å²) in [6.07, 6.45) is 0. The Morgan fingerprint density at radius 3 is 2.56 bits per heavy atom. The molecule has 0 radical (unpaired) electrons. The van der Waals surface area contributed by atoms with Gasteiger partial charge in [0.2, 0.25) is 0 Å². The van der Waals surface area contributed by atoms with Crippen LogP contribution in [0.3, 0.4) is 0 Å². The molecule has 18 heavy (non-hydrogen) atoms. The molecule has 1 heterocycles. The van der Waals surface area contributed by atoms with Gasteiger partial charge in [0.25, 0.3) is 0 Å². The van der Waals surface area contributed by atoms with Crippen molar-refractivity contribution in [2.24, 2.45) is 5.73 Å². The van der Waals surface area contributed by atoms with Crippen molar-refractivity contribution in [2.45, 2.75) is 13.5 Å². The average Bonchev–Trinajstić information content (AvgIpc) is 2.79. The molecule has 2 rings (SSSR count).